The van der Waals surface area contributed by atoms with E-state index >= 15 is 0 Å². The predicted molar refractivity (Wildman–Crippen MR) is 81.8 cm³/mol. The van der Waals surface area contributed by atoms with Crippen molar-refractivity contribution in [3.63, 3.8) is 0 Å². The van der Waals surface area contributed by atoms with Gasteiger partial charge in [0.05, 0.1) is 0 Å². The molecule has 0 aromatic heterocycles. The number of hydrogen-bond donors (Lipinski definition) is 0. The van der Waals surface area contributed by atoms with E-state index in [-0.39, 0.29) is 0 Å². The number of rotatable bonds is 1. The van der Waals surface area contributed by atoms with E-state index in [9.17, 15) is 0 Å². The lowest BCUT2D eigenvalue weighted by Gasteiger charge is -2.08. The van der Waals surface area contributed by atoms with Gasteiger partial charge in [0.1, 0.15) is 0 Å². The molecule has 3 rings (SSSR count). The van der Waals surface area contributed by atoms with Crippen molar-refractivity contribution in [3.8, 4) is 11.1 Å². The van der Waals surface area contributed by atoms with Gasteiger partial charge in [-0.2, -0.15) is 0 Å². The van der Waals surface area contributed by atoms with Crippen molar-refractivity contribution in [1.82, 2.24) is 0 Å². The molecule has 0 N–H and O–H groups in total. The number of hydrogen-bond acceptors (Lipinski definition) is 0. The number of aryl methyl sites for hydroxylation is 1. The van der Waals surface area contributed by atoms with Crippen molar-refractivity contribution in [1.29, 1.82) is 0 Å². The lowest BCUT2D eigenvalue weighted by Crippen LogP contribution is -1.84. The SMILES string of the molecule is Cc1ccc(Br)cc1-c1ccc2ccccc2c1. The van der Waals surface area contributed by atoms with Crippen LogP contribution in [0, 0.1) is 6.92 Å². The van der Waals surface area contributed by atoms with Gasteiger partial charge in [-0.1, -0.05) is 58.4 Å². The number of benzene rings is 3. The fourth-order valence-electron chi connectivity index (χ4n) is 2.26. The van der Waals surface area contributed by atoms with Crippen LogP contribution in [0.2, 0.25) is 0 Å². The highest BCUT2D eigenvalue weighted by Gasteiger charge is 2.03. The van der Waals surface area contributed by atoms with Gasteiger partial charge in [0, 0.05) is 4.47 Å². The molecule has 0 aliphatic rings. The molecule has 0 atom stereocenters. The summed E-state index contributed by atoms with van der Waals surface area (Å²) in [6.07, 6.45) is 0. The minimum atomic E-state index is 1.12. The Labute approximate surface area is 115 Å². The van der Waals surface area contributed by atoms with Crippen LogP contribution in [0.25, 0.3) is 21.9 Å². The van der Waals surface area contributed by atoms with E-state index in [4.69, 9.17) is 0 Å². The summed E-state index contributed by atoms with van der Waals surface area (Å²) in [5.41, 5.74) is 3.86. The van der Waals surface area contributed by atoms with Crippen LogP contribution in [0.15, 0.2) is 65.1 Å². The van der Waals surface area contributed by atoms with Gasteiger partial charge in [-0.15, -0.1) is 0 Å². The highest BCUT2D eigenvalue weighted by atomic mass is 79.9. The molecule has 0 aliphatic carbocycles. The van der Waals surface area contributed by atoms with Crippen LogP contribution < -0.4 is 0 Å². The zero-order valence-electron chi connectivity index (χ0n) is 10.2. The van der Waals surface area contributed by atoms with Crippen LogP contribution in [0.5, 0.6) is 0 Å². The molecule has 0 saturated carbocycles. The second-order valence-electron chi connectivity index (χ2n) is 4.52. The van der Waals surface area contributed by atoms with E-state index < -0.39 is 0 Å². The van der Waals surface area contributed by atoms with E-state index in [0.717, 1.165) is 4.47 Å². The first-order valence-corrected chi connectivity index (χ1v) is 6.79. The third-order valence-electron chi connectivity index (χ3n) is 3.26. The molecule has 0 saturated heterocycles. The highest BCUT2D eigenvalue weighted by Crippen LogP contribution is 2.29. The lowest BCUT2D eigenvalue weighted by molar-refractivity contribution is 1.45. The quantitative estimate of drug-likeness (QED) is 0.550. The smallest absolute Gasteiger partial charge is 0.0181 e. The summed E-state index contributed by atoms with van der Waals surface area (Å²) in [6.45, 7) is 2.15. The van der Waals surface area contributed by atoms with Crippen LogP contribution in [-0.2, 0) is 0 Å². The summed E-state index contributed by atoms with van der Waals surface area (Å²) in [4.78, 5) is 0. The fourth-order valence-corrected chi connectivity index (χ4v) is 2.62. The highest BCUT2D eigenvalue weighted by molar-refractivity contribution is 9.10. The average Bonchev–Trinajstić information content (AvgIpc) is 2.41. The van der Waals surface area contributed by atoms with Crippen LogP contribution in [0.4, 0.5) is 0 Å². The van der Waals surface area contributed by atoms with Crippen molar-refractivity contribution in [2.45, 2.75) is 6.92 Å². The molecule has 1 heteroatoms. The van der Waals surface area contributed by atoms with E-state index in [0.29, 0.717) is 0 Å². The Morgan fingerprint density at radius 1 is 0.778 bits per heavy atom. The molecule has 0 bridgehead atoms. The van der Waals surface area contributed by atoms with Crippen LogP contribution >= 0.6 is 15.9 Å². The van der Waals surface area contributed by atoms with Crippen molar-refractivity contribution in [3.05, 3.63) is 70.7 Å². The first kappa shape index (κ1) is 11.5. The summed E-state index contributed by atoms with van der Waals surface area (Å²) in [7, 11) is 0. The summed E-state index contributed by atoms with van der Waals surface area (Å²) in [6, 6.07) is 21.5. The van der Waals surface area contributed by atoms with Crippen molar-refractivity contribution in [2.24, 2.45) is 0 Å². The zero-order chi connectivity index (χ0) is 12.5. The molecule has 0 unspecified atom stereocenters. The first-order chi connectivity index (χ1) is 8.74. The maximum absolute atomic E-state index is 3.54. The monoisotopic (exact) mass is 296 g/mol. The normalized spacial score (nSPS) is 10.8. The fraction of sp³-hybridized carbons (Fsp3) is 0.0588. The van der Waals surface area contributed by atoms with Crippen molar-refractivity contribution in [2.75, 3.05) is 0 Å². The Bertz CT molecular complexity index is 714. The Morgan fingerprint density at radius 3 is 2.39 bits per heavy atom. The van der Waals surface area contributed by atoms with Gasteiger partial charge < -0.3 is 0 Å². The third kappa shape index (κ3) is 2.06. The minimum absolute atomic E-state index is 1.12. The van der Waals surface area contributed by atoms with Gasteiger partial charge in [-0.3, -0.25) is 0 Å². The van der Waals surface area contributed by atoms with E-state index in [1.165, 1.54) is 27.5 Å². The first-order valence-electron chi connectivity index (χ1n) is 5.99. The molecule has 0 radical (unpaired) electrons. The van der Waals surface area contributed by atoms with Gasteiger partial charge in [-0.25, -0.2) is 0 Å². The van der Waals surface area contributed by atoms with Crippen molar-refractivity contribution >= 4 is 26.7 Å². The van der Waals surface area contributed by atoms with Gasteiger partial charge >= 0.3 is 0 Å². The molecular formula is C17H13Br. The minimum Gasteiger partial charge on any atom is -0.0616 e. The van der Waals surface area contributed by atoms with E-state index in [2.05, 4.69) is 83.5 Å². The largest absolute Gasteiger partial charge is 0.0616 e. The Kier molecular flexibility index (Phi) is 2.92. The van der Waals surface area contributed by atoms with E-state index in [1.807, 2.05) is 0 Å². The maximum atomic E-state index is 3.54. The van der Waals surface area contributed by atoms with Gasteiger partial charge in [0.25, 0.3) is 0 Å². The van der Waals surface area contributed by atoms with Crippen molar-refractivity contribution < 1.29 is 0 Å². The molecular weight excluding hydrogens is 284 g/mol. The lowest BCUT2D eigenvalue weighted by atomic mass is 9.98. The Balaban J connectivity index is 2.22. The van der Waals surface area contributed by atoms with E-state index in [1.54, 1.807) is 0 Å². The average molecular weight is 297 g/mol. The molecule has 18 heavy (non-hydrogen) atoms. The molecule has 0 aliphatic heterocycles. The molecule has 0 amide bonds. The Morgan fingerprint density at radius 2 is 1.56 bits per heavy atom. The summed E-state index contributed by atoms with van der Waals surface area (Å²) < 4.78 is 1.12. The molecule has 0 nitrogen and oxygen atoms in total. The predicted octanol–water partition coefficient (Wildman–Crippen LogP) is 5.58. The second-order valence-corrected chi connectivity index (χ2v) is 5.44. The second kappa shape index (κ2) is 4.58. The van der Waals surface area contributed by atoms with Crippen LogP contribution in [-0.4, -0.2) is 0 Å². The number of halogens is 1. The Hall–Kier alpha value is -1.60. The van der Waals surface area contributed by atoms with Crippen LogP contribution in [0.3, 0.4) is 0 Å². The standard InChI is InChI=1S/C17H13Br/c1-12-6-9-16(18)11-17(12)15-8-7-13-4-2-3-5-14(13)10-15/h2-11H,1H3. The third-order valence-corrected chi connectivity index (χ3v) is 3.75. The maximum Gasteiger partial charge on any atom is 0.0181 e. The summed E-state index contributed by atoms with van der Waals surface area (Å²) in [5.74, 6) is 0. The molecule has 0 fully saturated rings. The van der Waals surface area contributed by atoms with Gasteiger partial charge in [0.15, 0.2) is 0 Å². The zero-order valence-corrected chi connectivity index (χ0v) is 11.7. The van der Waals surface area contributed by atoms with Gasteiger partial charge in [-0.05, 0) is 52.6 Å². The number of fused-ring (bicyclic) bond motifs is 1. The summed E-state index contributed by atoms with van der Waals surface area (Å²) in [5, 5.41) is 2.57. The van der Waals surface area contributed by atoms with Gasteiger partial charge in [0.2, 0.25) is 0 Å². The van der Waals surface area contributed by atoms with Crippen LogP contribution in [0.1, 0.15) is 5.56 Å². The molecule has 3 aromatic rings. The summed E-state index contributed by atoms with van der Waals surface area (Å²) >= 11 is 3.54. The molecule has 0 heterocycles. The molecule has 0 spiro atoms. The molecule has 88 valence electrons. The molecule has 3 aromatic carbocycles. The topological polar surface area (TPSA) is 0 Å².